The summed E-state index contributed by atoms with van der Waals surface area (Å²) in [6.07, 6.45) is 0.893. The molecule has 3 amide bonds. The fraction of sp³-hybridized carbons (Fsp3) is 0.500. The molecular weight excluding hydrogens is 325 g/mol. The fourth-order valence-corrected chi connectivity index (χ4v) is 2.65. The number of carbonyl (C=O) groups is 3. The van der Waals surface area contributed by atoms with Gasteiger partial charge in [0.1, 0.15) is 5.82 Å². The van der Waals surface area contributed by atoms with E-state index in [1.165, 1.54) is 12.1 Å². The summed E-state index contributed by atoms with van der Waals surface area (Å²) < 4.78 is 12.9. The summed E-state index contributed by atoms with van der Waals surface area (Å²) in [5.74, 6) is -0.958. The largest absolute Gasteiger partial charge is 0.350 e. The van der Waals surface area contributed by atoms with E-state index >= 15 is 0 Å². The molecule has 0 saturated carbocycles. The van der Waals surface area contributed by atoms with Gasteiger partial charge in [0.05, 0.1) is 12.6 Å². The summed E-state index contributed by atoms with van der Waals surface area (Å²) in [6.45, 7) is 4.39. The van der Waals surface area contributed by atoms with E-state index in [2.05, 4.69) is 10.6 Å². The standard InChI is InChI=1S/C18H24FN3O3/c1-12(2)18(25)20-10-16(23)21-15-9-17(24)22(11-15)8-7-13-3-5-14(19)6-4-13/h3-6,12,15H,7-11H2,1-2H3,(H,20,25)(H,21,23). The lowest BCUT2D eigenvalue weighted by Crippen LogP contribution is -2.43. The lowest BCUT2D eigenvalue weighted by molar-refractivity contribution is -0.128. The lowest BCUT2D eigenvalue weighted by atomic mass is 10.1. The zero-order valence-electron chi connectivity index (χ0n) is 14.5. The Morgan fingerprint density at radius 1 is 1.28 bits per heavy atom. The van der Waals surface area contributed by atoms with Gasteiger partial charge in [-0.15, -0.1) is 0 Å². The Labute approximate surface area is 146 Å². The van der Waals surface area contributed by atoms with Gasteiger partial charge in [0.25, 0.3) is 0 Å². The number of halogens is 1. The SMILES string of the molecule is CC(C)C(=O)NCC(=O)NC1CC(=O)N(CCc2ccc(F)cc2)C1. The van der Waals surface area contributed by atoms with Crippen LogP contribution in [0.25, 0.3) is 0 Å². The molecule has 1 atom stereocenters. The number of likely N-dealkylation sites (tertiary alicyclic amines) is 1. The fourth-order valence-electron chi connectivity index (χ4n) is 2.65. The van der Waals surface area contributed by atoms with E-state index in [9.17, 15) is 18.8 Å². The highest BCUT2D eigenvalue weighted by atomic mass is 19.1. The molecule has 2 N–H and O–H groups in total. The molecule has 1 aromatic rings. The van der Waals surface area contributed by atoms with E-state index in [1.54, 1.807) is 30.9 Å². The van der Waals surface area contributed by atoms with Crippen LogP contribution in [0.15, 0.2) is 24.3 Å². The van der Waals surface area contributed by atoms with Crippen LogP contribution in [0, 0.1) is 11.7 Å². The highest BCUT2D eigenvalue weighted by molar-refractivity contribution is 5.86. The van der Waals surface area contributed by atoms with Crippen LogP contribution >= 0.6 is 0 Å². The first-order chi connectivity index (χ1) is 11.8. The second-order valence-corrected chi connectivity index (χ2v) is 6.56. The number of hydrogen-bond donors (Lipinski definition) is 2. The van der Waals surface area contributed by atoms with Crippen molar-refractivity contribution in [1.29, 1.82) is 0 Å². The first-order valence-corrected chi connectivity index (χ1v) is 8.44. The van der Waals surface area contributed by atoms with Crippen molar-refractivity contribution in [2.75, 3.05) is 19.6 Å². The van der Waals surface area contributed by atoms with Crippen LogP contribution in [-0.2, 0) is 20.8 Å². The Bertz CT molecular complexity index is 631. The molecule has 1 aliphatic heterocycles. The summed E-state index contributed by atoms with van der Waals surface area (Å²) in [6, 6.07) is 5.95. The zero-order valence-corrected chi connectivity index (χ0v) is 14.5. The van der Waals surface area contributed by atoms with Gasteiger partial charge in [0, 0.05) is 25.4 Å². The minimum absolute atomic E-state index is 0.0152. The first kappa shape index (κ1) is 18.9. The van der Waals surface area contributed by atoms with Crippen LogP contribution < -0.4 is 10.6 Å². The Morgan fingerprint density at radius 2 is 1.96 bits per heavy atom. The number of hydrogen-bond acceptors (Lipinski definition) is 3. The summed E-state index contributed by atoms with van der Waals surface area (Å²) in [5.41, 5.74) is 0.957. The molecule has 1 saturated heterocycles. The maximum absolute atomic E-state index is 12.9. The van der Waals surface area contributed by atoms with Gasteiger partial charge in [-0.25, -0.2) is 4.39 Å². The van der Waals surface area contributed by atoms with Crippen LogP contribution in [0.5, 0.6) is 0 Å². The minimum Gasteiger partial charge on any atom is -0.350 e. The second-order valence-electron chi connectivity index (χ2n) is 6.56. The van der Waals surface area contributed by atoms with Crippen molar-refractivity contribution in [3.8, 4) is 0 Å². The predicted molar refractivity (Wildman–Crippen MR) is 91.1 cm³/mol. The Hall–Kier alpha value is -2.44. The summed E-state index contributed by atoms with van der Waals surface area (Å²) >= 11 is 0. The predicted octanol–water partition coefficient (Wildman–Crippen LogP) is 0.858. The number of benzene rings is 1. The molecule has 1 unspecified atom stereocenters. The Kier molecular flexibility index (Phi) is 6.50. The van der Waals surface area contributed by atoms with E-state index in [-0.39, 0.29) is 48.5 Å². The highest BCUT2D eigenvalue weighted by Crippen LogP contribution is 2.13. The topological polar surface area (TPSA) is 78.5 Å². The Balaban J connectivity index is 1.74. The molecule has 1 heterocycles. The summed E-state index contributed by atoms with van der Waals surface area (Å²) in [5, 5.41) is 5.32. The third-order valence-corrected chi connectivity index (χ3v) is 4.11. The molecule has 2 rings (SSSR count). The van der Waals surface area contributed by atoms with Crippen molar-refractivity contribution in [1.82, 2.24) is 15.5 Å². The van der Waals surface area contributed by atoms with Crippen LogP contribution in [0.2, 0.25) is 0 Å². The van der Waals surface area contributed by atoms with Crippen LogP contribution in [-0.4, -0.2) is 48.3 Å². The van der Waals surface area contributed by atoms with Gasteiger partial charge >= 0.3 is 0 Å². The molecule has 0 aliphatic carbocycles. The third-order valence-electron chi connectivity index (χ3n) is 4.11. The van der Waals surface area contributed by atoms with Crippen LogP contribution in [0.3, 0.4) is 0 Å². The molecule has 136 valence electrons. The molecule has 0 spiro atoms. The number of carbonyl (C=O) groups excluding carboxylic acids is 3. The molecule has 0 radical (unpaired) electrons. The van der Waals surface area contributed by atoms with E-state index in [1.807, 2.05) is 0 Å². The first-order valence-electron chi connectivity index (χ1n) is 8.44. The van der Waals surface area contributed by atoms with E-state index in [0.717, 1.165) is 5.56 Å². The summed E-state index contributed by atoms with van der Waals surface area (Å²) in [7, 11) is 0. The van der Waals surface area contributed by atoms with E-state index in [4.69, 9.17) is 0 Å². The molecule has 0 aromatic heterocycles. The van der Waals surface area contributed by atoms with Crippen molar-refractivity contribution in [2.24, 2.45) is 5.92 Å². The lowest BCUT2D eigenvalue weighted by Gasteiger charge is -2.17. The van der Waals surface area contributed by atoms with Crippen LogP contribution in [0.1, 0.15) is 25.8 Å². The van der Waals surface area contributed by atoms with E-state index < -0.39 is 0 Å². The van der Waals surface area contributed by atoms with Crippen molar-refractivity contribution in [3.63, 3.8) is 0 Å². The average molecular weight is 349 g/mol. The molecule has 1 aromatic carbocycles. The molecule has 1 fully saturated rings. The summed E-state index contributed by atoms with van der Waals surface area (Å²) in [4.78, 5) is 37.0. The van der Waals surface area contributed by atoms with Crippen molar-refractivity contribution in [3.05, 3.63) is 35.6 Å². The van der Waals surface area contributed by atoms with Gasteiger partial charge in [0.2, 0.25) is 17.7 Å². The van der Waals surface area contributed by atoms with Crippen molar-refractivity contribution < 1.29 is 18.8 Å². The van der Waals surface area contributed by atoms with Crippen LogP contribution in [0.4, 0.5) is 4.39 Å². The normalized spacial score (nSPS) is 17.0. The Morgan fingerprint density at radius 3 is 2.60 bits per heavy atom. The number of nitrogens with one attached hydrogen (secondary N) is 2. The molecule has 0 bridgehead atoms. The van der Waals surface area contributed by atoms with Gasteiger partial charge in [-0.2, -0.15) is 0 Å². The minimum atomic E-state index is -0.299. The van der Waals surface area contributed by atoms with E-state index in [0.29, 0.717) is 19.5 Å². The van der Waals surface area contributed by atoms with Gasteiger partial charge in [-0.1, -0.05) is 26.0 Å². The molecule has 1 aliphatic rings. The molecule has 6 nitrogen and oxygen atoms in total. The van der Waals surface area contributed by atoms with Gasteiger partial charge < -0.3 is 15.5 Å². The number of nitrogens with zero attached hydrogens (tertiary/aromatic N) is 1. The number of amides is 3. The van der Waals surface area contributed by atoms with Gasteiger partial charge in [-0.05, 0) is 24.1 Å². The second kappa shape index (κ2) is 8.60. The monoisotopic (exact) mass is 349 g/mol. The van der Waals surface area contributed by atoms with Crippen molar-refractivity contribution in [2.45, 2.75) is 32.7 Å². The molecular formula is C18H24FN3O3. The zero-order chi connectivity index (χ0) is 18.4. The highest BCUT2D eigenvalue weighted by Gasteiger charge is 2.30. The third kappa shape index (κ3) is 5.85. The molecule has 7 heteroatoms. The van der Waals surface area contributed by atoms with Gasteiger partial charge in [-0.3, -0.25) is 14.4 Å². The smallest absolute Gasteiger partial charge is 0.239 e. The maximum Gasteiger partial charge on any atom is 0.239 e. The quantitative estimate of drug-likeness (QED) is 0.766. The number of rotatable bonds is 7. The maximum atomic E-state index is 12.9. The van der Waals surface area contributed by atoms with Crippen molar-refractivity contribution >= 4 is 17.7 Å². The van der Waals surface area contributed by atoms with Gasteiger partial charge in [0.15, 0.2) is 0 Å². The molecule has 25 heavy (non-hydrogen) atoms. The average Bonchev–Trinajstić information content (AvgIpc) is 2.91.